The highest BCUT2D eigenvalue weighted by Gasteiger charge is 2.14. The Morgan fingerprint density at radius 1 is 1.16 bits per heavy atom. The van der Waals surface area contributed by atoms with E-state index in [1.54, 1.807) is 31.4 Å². The van der Waals surface area contributed by atoms with Crippen molar-refractivity contribution >= 4 is 29.2 Å². The Bertz CT molecular complexity index is 817. The lowest BCUT2D eigenvalue weighted by molar-refractivity contribution is 0.0600. The Labute approximate surface area is 151 Å². The number of carbonyl (C=O) groups is 2. The first kappa shape index (κ1) is 18.5. The van der Waals surface area contributed by atoms with Gasteiger partial charge in [-0.25, -0.2) is 4.79 Å². The molecule has 0 aliphatic carbocycles. The zero-order valence-corrected chi connectivity index (χ0v) is 14.7. The minimum atomic E-state index is -0.509. The summed E-state index contributed by atoms with van der Waals surface area (Å²) in [5, 5.41) is 3.03. The summed E-state index contributed by atoms with van der Waals surface area (Å²) >= 11 is 6.10. The number of nitrogens with one attached hydrogen (secondary N) is 1. The number of esters is 1. The van der Waals surface area contributed by atoms with E-state index in [9.17, 15) is 9.59 Å². The van der Waals surface area contributed by atoms with Crippen LogP contribution in [0.1, 0.15) is 26.3 Å². The lowest BCUT2D eigenvalue weighted by Crippen LogP contribution is -2.13. The van der Waals surface area contributed by atoms with Crippen LogP contribution >= 0.6 is 11.6 Å². The Kier molecular flexibility index (Phi) is 6.19. The predicted octanol–water partition coefficient (Wildman–Crippen LogP) is 4.12. The molecule has 2 rings (SSSR count). The summed E-state index contributed by atoms with van der Waals surface area (Å²) in [7, 11) is 2.85. The van der Waals surface area contributed by atoms with Gasteiger partial charge in [-0.3, -0.25) is 4.79 Å². The van der Waals surface area contributed by atoms with Crippen molar-refractivity contribution in [3.8, 4) is 5.75 Å². The van der Waals surface area contributed by atoms with Crippen molar-refractivity contribution in [2.75, 3.05) is 19.5 Å². The molecule has 0 spiro atoms. The van der Waals surface area contributed by atoms with Gasteiger partial charge in [0.2, 0.25) is 0 Å². The highest BCUT2D eigenvalue weighted by atomic mass is 35.5. The molecule has 0 saturated carbocycles. The van der Waals surface area contributed by atoms with Crippen LogP contribution in [-0.4, -0.2) is 26.1 Å². The minimum absolute atomic E-state index is 0.296. The van der Waals surface area contributed by atoms with Crippen molar-refractivity contribution in [1.82, 2.24) is 0 Å². The molecule has 0 saturated heterocycles. The van der Waals surface area contributed by atoms with Crippen LogP contribution in [0.4, 0.5) is 5.69 Å². The normalized spacial score (nSPS) is 10.0. The molecule has 2 aromatic rings. The second-order valence-electron chi connectivity index (χ2n) is 5.16. The summed E-state index contributed by atoms with van der Waals surface area (Å²) in [5.41, 5.74) is 1.91. The van der Waals surface area contributed by atoms with E-state index in [1.165, 1.54) is 25.3 Å². The lowest BCUT2D eigenvalue weighted by Gasteiger charge is -2.11. The number of carbonyl (C=O) groups excluding carboxylic acids is 2. The van der Waals surface area contributed by atoms with Gasteiger partial charge in [-0.15, -0.1) is 6.58 Å². The fraction of sp³-hybridized carbons (Fsp3) is 0.158. The van der Waals surface area contributed by atoms with Crippen molar-refractivity contribution in [2.45, 2.75) is 6.42 Å². The predicted molar refractivity (Wildman–Crippen MR) is 97.6 cm³/mol. The largest absolute Gasteiger partial charge is 0.496 e. The molecule has 0 aromatic heterocycles. The first-order valence-corrected chi connectivity index (χ1v) is 7.85. The maximum Gasteiger partial charge on any atom is 0.337 e. The van der Waals surface area contributed by atoms with Gasteiger partial charge in [-0.2, -0.15) is 0 Å². The number of hydrogen-bond donors (Lipinski definition) is 1. The molecule has 0 bridgehead atoms. The molecule has 0 radical (unpaired) electrons. The number of rotatable bonds is 6. The SMILES string of the molecule is C=CCc1cc(C(=O)Nc2cc(C(=O)OC)ccc2Cl)ccc1OC. The standard InChI is InChI=1S/C19H18ClNO4/c1-4-5-12-10-13(7-9-17(12)24-2)18(22)21-16-11-14(19(23)25-3)6-8-15(16)20/h4,6-11H,1,5H2,2-3H3,(H,21,22). The number of amides is 1. The van der Waals surface area contributed by atoms with E-state index in [2.05, 4.69) is 16.6 Å². The smallest absolute Gasteiger partial charge is 0.337 e. The average molecular weight is 360 g/mol. The minimum Gasteiger partial charge on any atom is -0.496 e. The maximum absolute atomic E-state index is 12.5. The van der Waals surface area contributed by atoms with Crippen LogP contribution in [0.3, 0.4) is 0 Å². The van der Waals surface area contributed by atoms with Gasteiger partial charge >= 0.3 is 5.97 Å². The first-order valence-electron chi connectivity index (χ1n) is 7.47. The second kappa shape index (κ2) is 8.35. The fourth-order valence-electron chi connectivity index (χ4n) is 2.30. The van der Waals surface area contributed by atoms with Crippen molar-refractivity contribution in [2.24, 2.45) is 0 Å². The van der Waals surface area contributed by atoms with E-state index in [4.69, 9.17) is 16.3 Å². The highest BCUT2D eigenvalue weighted by molar-refractivity contribution is 6.34. The second-order valence-corrected chi connectivity index (χ2v) is 5.57. The van der Waals surface area contributed by atoms with Gasteiger partial charge < -0.3 is 14.8 Å². The van der Waals surface area contributed by atoms with E-state index >= 15 is 0 Å². The molecule has 130 valence electrons. The number of methoxy groups -OCH3 is 2. The monoisotopic (exact) mass is 359 g/mol. The summed E-state index contributed by atoms with van der Waals surface area (Å²) < 4.78 is 9.94. The third kappa shape index (κ3) is 4.39. The quantitative estimate of drug-likeness (QED) is 0.622. The van der Waals surface area contributed by atoms with Crippen LogP contribution in [0.5, 0.6) is 5.75 Å². The van der Waals surface area contributed by atoms with Gasteiger partial charge in [-0.05, 0) is 48.4 Å². The molecule has 0 heterocycles. The van der Waals surface area contributed by atoms with Gasteiger partial charge in [0.1, 0.15) is 5.75 Å². The number of hydrogen-bond acceptors (Lipinski definition) is 4. The molecule has 0 aliphatic rings. The average Bonchev–Trinajstić information content (AvgIpc) is 2.63. The summed E-state index contributed by atoms with van der Waals surface area (Å²) in [6.07, 6.45) is 2.30. The van der Waals surface area contributed by atoms with Gasteiger partial charge in [0.15, 0.2) is 0 Å². The van der Waals surface area contributed by atoms with Crippen LogP contribution in [0, 0.1) is 0 Å². The summed E-state index contributed by atoms with van der Waals surface area (Å²) in [5.74, 6) is -0.177. The molecule has 1 N–H and O–H groups in total. The van der Waals surface area contributed by atoms with Crippen LogP contribution < -0.4 is 10.1 Å². The Balaban J connectivity index is 2.29. The van der Waals surface area contributed by atoms with E-state index in [0.717, 1.165) is 5.56 Å². The van der Waals surface area contributed by atoms with Crippen LogP contribution in [0.25, 0.3) is 0 Å². The molecular formula is C19H18ClNO4. The van der Waals surface area contributed by atoms with Crippen LogP contribution in [-0.2, 0) is 11.2 Å². The molecule has 0 fully saturated rings. The molecule has 25 heavy (non-hydrogen) atoms. The van der Waals surface area contributed by atoms with E-state index in [-0.39, 0.29) is 5.91 Å². The topological polar surface area (TPSA) is 64.6 Å². The molecule has 1 amide bonds. The van der Waals surface area contributed by atoms with Crippen molar-refractivity contribution in [3.05, 3.63) is 70.8 Å². The van der Waals surface area contributed by atoms with Crippen molar-refractivity contribution in [1.29, 1.82) is 0 Å². The van der Waals surface area contributed by atoms with E-state index in [1.807, 2.05) is 0 Å². The van der Waals surface area contributed by atoms with E-state index < -0.39 is 5.97 Å². The molecule has 2 aromatic carbocycles. The molecule has 0 atom stereocenters. The first-order chi connectivity index (χ1) is 12.0. The molecule has 5 nitrogen and oxygen atoms in total. The van der Waals surface area contributed by atoms with Crippen molar-refractivity contribution < 1.29 is 19.1 Å². The maximum atomic E-state index is 12.5. The Morgan fingerprint density at radius 3 is 2.52 bits per heavy atom. The Morgan fingerprint density at radius 2 is 1.88 bits per heavy atom. The molecule has 0 unspecified atom stereocenters. The number of halogens is 1. The zero-order valence-electron chi connectivity index (χ0n) is 14.0. The summed E-state index contributed by atoms with van der Waals surface area (Å²) in [6.45, 7) is 3.70. The number of ether oxygens (including phenoxy) is 2. The van der Waals surface area contributed by atoms with Gasteiger partial charge in [0.05, 0.1) is 30.5 Å². The number of benzene rings is 2. The number of anilines is 1. The lowest BCUT2D eigenvalue weighted by atomic mass is 10.1. The van der Waals surface area contributed by atoms with Crippen LogP contribution in [0.15, 0.2) is 49.1 Å². The fourth-order valence-corrected chi connectivity index (χ4v) is 2.46. The van der Waals surface area contributed by atoms with Crippen LogP contribution in [0.2, 0.25) is 5.02 Å². The molecule has 0 aliphatic heterocycles. The van der Waals surface area contributed by atoms with E-state index in [0.29, 0.717) is 34.0 Å². The zero-order chi connectivity index (χ0) is 18.4. The molecule has 6 heteroatoms. The third-order valence-corrected chi connectivity index (χ3v) is 3.87. The third-order valence-electron chi connectivity index (χ3n) is 3.54. The van der Waals surface area contributed by atoms with Crippen molar-refractivity contribution in [3.63, 3.8) is 0 Å². The molecular weight excluding hydrogens is 342 g/mol. The summed E-state index contributed by atoms with van der Waals surface area (Å²) in [6, 6.07) is 9.63. The highest BCUT2D eigenvalue weighted by Crippen LogP contribution is 2.25. The summed E-state index contributed by atoms with van der Waals surface area (Å²) in [4.78, 5) is 24.1. The van der Waals surface area contributed by atoms with Gasteiger partial charge in [0, 0.05) is 5.56 Å². The van der Waals surface area contributed by atoms with Gasteiger partial charge in [0.25, 0.3) is 5.91 Å². The van der Waals surface area contributed by atoms with Gasteiger partial charge in [-0.1, -0.05) is 17.7 Å². The Hall–Kier alpha value is -2.79. The number of allylic oxidation sites excluding steroid dienone is 1.